The minimum Gasteiger partial charge on any atom is -0.482 e. The smallest absolute Gasteiger partial charge is 0.343 e. The lowest BCUT2D eigenvalue weighted by atomic mass is 10.2. The highest BCUT2D eigenvalue weighted by molar-refractivity contribution is 7.89. The van der Waals surface area contributed by atoms with Crippen molar-refractivity contribution in [1.82, 2.24) is 4.83 Å². The van der Waals surface area contributed by atoms with Gasteiger partial charge in [0.25, 0.3) is 10.0 Å². The average molecular weight is 348 g/mol. The summed E-state index contributed by atoms with van der Waals surface area (Å²) in [5.74, 6) is 0.0124. The Kier molecular flexibility index (Phi) is 5.91. The fourth-order valence-corrected chi connectivity index (χ4v) is 2.49. The number of carbonyl (C=O) groups excluding carboxylic acids is 1. The maximum atomic E-state index is 12.0. The SMILES string of the molecule is COC(=O)COc1ccc(/C=N/NS(=O)(=O)c2ccccc2)cc1. The molecule has 0 aliphatic rings. The zero-order valence-electron chi connectivity index (χ0n) is 12.9. The van der Waals surface area contributed by atoms with Crippen molar-refractivity contribution in [3.8, 4) is 5.75 Å². The van der Waals surface area contributed by atoms with Crippen molar-refractivity contribution < 1.29 is 22.7 Å². The average Bonchev–Trinajstić information content (AvgIpc) is 2.61. The van der Waals surface area contributed by atoms with Gasteiger partial charge in [0, 0.05) is 0 Å². The first-order chi connectivity index (χ1) is 11.5. The molecule has 0 saturated heterocycles. The number of ether oxygens (including phenoxy) is 2. The van der Waals surface area contributed by atoms with Gasteiger partial charge < -0.3 is 9.47 Å². The van der Waals surface area contributed by atoms with Gasteiger partial charge in [0.05, 0.1) is 18.2 Å². The predicted molar refractivity (Wildman–Crippen MR) is 88.3 cm³/mol. The van der Waals surface area contributed by atoms with Crippen LogP contribution in [0.3, 0.4) is 0 Å². The summed E-state index contributed by atoms with van der Waals surface area (Å²) in [6.45, 7) is -0.180. The van der Waals surface area contributed by atoms with Crippen LogP contribution in [0.1, 0.15) is 5.56 Å². The summed E-state index contributed by atoms with van der Waals surface area (Å²) in [5, 5.41) is 3.73. The van der Waals surface area contributed by atoms with Crippen LogP contribution in [0, 0.1) is 0 Å². The first kappa shape index (κ1) is 17.5. The van der Waals surface area contributed by atoms with Crippen LogP contribution < -0.4 is 9.57 Å². The molecule has 2 aromatic rings. The van der Waals surface area contributed by atoms with Crippen molar-refractivity contribution in [2.75, 3.05) is 13.7 Å². The molecule has 0 aliphatic heterocycles. The van der Waals surface area contributed by atoms with Crippen LogP contribution in [0.25, 0.3) is 0 Å². The van der Waals surface area contributed by atoms with Gasteiger partial charge in [-0.05, 0) is 42.0 Å². The Morgan fingerprint density at radius 1 is 1.12 bits per heavy atom. The summed E-state index contributed by atoms with van der Waals surface area (Å²) >= 11 is 0. The number of rotatable bonds is 7. The molecule has 0 fully saturated rings. The zero-order valence-corrected chi connectivity index (χ0v) is 13.7. The maximum absolute atomic E-state index is 12.0. The van der Waals surface area contributed by atoms with Crippen LogP contribution in [0.5, 0.6) is 5.75 Å². The Bertz CT molecular complexity index is 802. The van der Waals surface area contributed by atoms with Crippen LogP contribution in [-0.4, -0.2) is 34.3 Å². The van der Waals surface area contributed by atoms with E-state index < -0.39 is 16.0 Å². The molecule has 0 unspecified atom stereocenters. The molecule has 0 spiro atoms. The lowest BCUT2D eigenvalue weighted by Crippen LogP contribution is -2.18. The van der Waals surface area contributed by atoms with Gasteiger partial charge >= 0.3 is 5.97 Å². The number of methoxy groups -OCH3 is 1. The van der Waals surface area contributed by atoms with Gasteiger partial charge in [-0.1, -0.05) is 18.2 Å². The molecular weight excluding hydrogens is 332 g/mol. The van der Waals surface area contributed by atoms with Crippen molar-refractivity contribution in [3.63, 3.8) is 0 Å². The second-order valence-electron chi connectivity index (χ2n) is 4.60. The van der Waals surface area contributed by atoms with Crippen molar-refractivity contribution in [3.05, 3.63) is 60.2 Å². The second-order valence-corrected chi connectivity index (χ2v) is 6.26. The lowest BCUT2D eigenvalue weighted by Gasteiger charge is -2.05. The number of nitrogens with zero attached hydrogens (tertiary/aromatic N) is 1. The van der Waals surface area contributed by atoms with Crippen molar-refractivity contribution in [1.29, 1.82) is 0 Å². The maximum Gasteiger partial charge on any atom is 0.343 e. The van der Waals surface area contributed by atoms with E-state index in [2.05, 4.69) is 14.7 Å². The molecule has 0 heterocycles. The molecule has 0 aliphatic carbocycles. The molecule has 0 saturated carbocycles. The van der Waals surface area contributed by atoms with Crippen LogP contribution >= 0.6 is 0 Å². The Labute approximate surface area is 140 Å². The first-order valence-electron chi connectivity index (χ1n) is 6.91. The highest BCUT2D eigenvalue weighted by Gasteiger charge is 2.10. The first-order valence-corrected chi connectivity index (χ1v) is 8.39. The van der Waals surface area contributed by atoms with Crippen molar-refractivity contribution in [2.24, 2.45) is 5.10 Å². The highest BCUT2D eigenvalue weighted by Crippen LogP contribution is 2.11. The molecule has 2 rings (SSSR count). The molecule has 0 atom stereocenters. The molecule has 2 aromatic carbocycles. The fraction of sp³-hybridized carbons (Fsp3) is 0.125. The number of hydrazone groups is 1. The Morgan fingerprint density at radius 3 is 2.42 bits per heavy atom. The van der Waals surface area contributed by atoms with E-state index in [9.17, 15) is 13.2 Å². The predicted octanol–water partition coefficient (Wildman–Crippen LogP) is 1.55. The van der Waals surface area contributed by atoms with E-state index in [4.69, 9.17) is 4.74 Å². The number of hydrogen-bond donors (Lipinski definition) is 1. The number of hydrogen-bond acceptors (Lipinski definition) is 6. The minimum absolute atomic E-state index is 0.133. The molecule has 24 heavy (non-hydrogen) atoms. The molecule has 7 nitrogen and oxygen atoms in total. The third kappa shape index (κ3) is 5.10. The topological polar surface area (TPSA) is 94.1 Å². The summed E-state index contributed by atoms with van der Waals surface area (Å²) in [6, 6.07) is 14.6. The van der Waals surface area contributed by atoms with Crippen LogP contribution in [0.15, 0.2) is 64.6 Å². The van der Waals surface area contributed by atoms with Gasteiger partial charge in [0.2, 0.25) is 0 Å². The van der Waals surface area contributed by atoms with E-state index in [1.165, 1.54) is 25.5 Å². The molecule has 0 radical (unpaired) electrons. The summed E-state index contributed by atoms with van der Waals surface area (Å²) < 4.78 is 33.6. The van der Waals surface area contributed by atoms with E-state index in [-0.39, 0.29) is 11.5 Å². The van der Waals surface area contributed by atoms with E-state index >= 15 is 0 Å². The molecule has 126 valence electrons. The van der Waals surface area contributed by atoms with Crippen LogP contribution in [-0.2, 0) is 19.6 Å². The van der Waals surface area contributed by atoms with Crippen LogP contribution in [0.2, 0.25) is 0 Å². The largest absolute Gasteiger partial charge is 0.482 e. The fourth-order valence-electron chi connectivity index (χ4n) is 1.67. The van der Waals surface area contributed by atoms with E-state index in [0.717, 1.165) is 0 Å². The van der Waals surface area contributed by atoms with Crippen molar-refractivity contribution in [2.45, 2.75) is 4.90 Å². The number of esters is 1. The normalized spacial score (nSPS) is 11.2. The molecule has 1 N–H and O–H groups in total. The van der Waals surface area contributed by atoms with Crippen LogP contribution in [0.4, 0.5) is 0 Å². The lowest BCUT2D eigenvalue weighted by molar-refractivity contribution is -0.142. The molecule has 0 bridgehead atoms. The summed E-state index contributed by atoms with van der Waals surface area (Å²) in [7, 11) is -2.40. The molecular formula is C16H16N2O5S. The van der Waals surface area contributed by atoms with Gasteiger partial charge in [-0.2, -0.15) is 13.5 Å². The number of benzene rings is 2. The van der Waals surface area contributed by atoms with Gasteiger partial charge in [-0.3, -0.25) is 0 Å². The van der Waals surface area contributed by atoms with Gasteiger partial charge in [0.1, 0.15) is 5.75 Å². The molecule has 0 amide bonds. The quantitative estimate of drug-likeness (QED) is 0.465. The third-order valence-electron chi connectivity index (χ3n) is 2.90. The van der Waals surface area contributed by atoms with E-state index in [0.29, 0.717) is 11.3 Å². The van der Waals surface area contributed by atoms with Gasteiger partial charge in [0.15, 0.2) is 6.61 Å². The summed E-state index contributed by atoms with van der Waals surface area (Å²) in [6.07, 6.45) is 1.37. The van der Waals surface area contributed by atoms with Crippen molar-refractivity contribution >= 4 is 22.2 Å². The Morgan fingerprint density at radius 2 is 1.79 bits per heavy atom. The zero-order chi connectivity index (χ0) is 17.4. The summed E-state index contributed by atoms with van der Waals surface area (Å²) in [5.41, 5.74) is 0.663. The molecule has 8 heteroatoms. The number of sulfonamides is 1. The van der Waals surface area contributed by atoms with Gasteiger partial charge in [-0.25, -0.2) is 9.63 Å². The van der Waals surface area contributed by atoms with E-state index in [1.807, 2.05) is 0 Å². The Hall–Kier alpha value is -2.87. The Balaban J connectivity index is 1.94. The standard InChI is InChI=1S/C16H16N2O5S/c1-22-16(19)12-23-14-9-7-13(8-10-14)11-17-18-24(20,21)15-5-3-2-4-6-15/h2-11,18H,12H2,1H3/b17-11+. The minimum atomic E-state index is -3.68. The monoisotopic (exact) mass is 348 g/mol. The highest BCUT2D eigenvalue weighted by atomic mass is 32.2. The third-order valence-corrected chi connectivity index (χ3v) is 4.14. The summed E-state index contributed by atoms with van der Waals surface area (Å²) in [4.78, 5) is 13.2. The number of nitrogens with one attached hydrogen (secondary N) is 1. The molecule has 0 aromatic heterocycles. The van der Waals surface area contributed by atoms with E-state index in [1.54, 1.807) is 42.5 Å². The second kappa shape index (κ2) is 8.11. The van der Waals surface area contributed by atoms with Gasteiger partial charge in [-0.15, -0.1) is 0 Å². The number of carbonyl (C=O) groups is 1.